The van der Waals surface area contributed by atoms with E-state index in [1.807, 2.05) is 6.92 Å². The van der Waals surface area contributed by atoms with Gasteiger partial charge in [-0.1, -0.05) is 6.42 Å². The number of fused-ring (bicyclic) bond motifs is 1. The topological polar surface area (TPSA) is 56.7 Å². The molecule has 0 radical (unpaired) electrons. The van der Waals surface area contributed by atoms with E-state index in [9.17, 15) is 4.79 Å². The number of piperidine rings is 1. The fourth-order valence-corrected chi connectivity index (χ4v) is 3.30. The van der Waals surface area contributed by atoms with Crippen molar-refractivity contribution < 1.29 is 9.90 Å². The number of carbonyl (C=O) groups is 1. The van der Waals surface area contributed by atoms with Crippen LogP contribution in [0.25, 0.3) is 0 Å². The fraction of sp³-hybridized carbons (Fsp3) is 0.600. The average Bonchev–Trinajstić information content (AvgIpc) is 2.46. The van der Waals surface area contributed by atoms with Gasteiger partial charge in [-0.25, -0.2) is 9.78 Å². The van der Waals surface area contributed by atoms with Crippen molar-refractivity contribution in [2.24, 2.45) is 0 Å². The van der Waals surface area contributed by atoms with E-state index in [4.69, 9.17) is 5.11 Å². The number of nitrogens with zero attached hydrogens (tertiary/aromatic N) is 3. The number of carboxylic acids is 1. The van der Waals surface area contributed by atoms with Gasteiger partial charge in [0.05, 0.1) is 5.56 Å². The van der Waals surface area contributed by atoms with Crippen molar-refractivity contribution in [3.8, 4) is 0 Å². The Labute approximate surface area is 119 Å². The zero-order valence-electron chi connectivity index (χ0n) is 11.9. The first kappa shape index (κ1) is 13.4. The second kappa shape index (κ2) is 5.40. The first-order valence-corrected chi connectivity index (χ1v) is 7.34. The second-order valence-electron chi connectivity index (χ2n) is 5.79. The molecule has 1 aromatic rings. The molecule has 0 spiro atoms. The van der Waals surface area contributed by atoms with Gasteiger partial charge < -0.3 is 10.0 Å². The van der Waals surface area contributed by atoms with E-state index in [-0.39, 0.29) is 0 Å². The van der Waals surface area contributed by atoms with Gasteiger partial charge in [-0.3, -0.25) is 4.90 Å². The molecule has 2 aliphatic rings. The predicted molar refractivity (Wildman–Crippen MR) is 77.4 cm³/mol. The van der Waals surface area contributed by atoms with E-state index in [1.165, 1.54) is 25.8 Å². The van der Waals surface area contributed by atoms with Crippen LogP contribution in [0.5, 0.6) is 0 Å². The lowest BCUT2D eigenvalue weighted by atomic mass is 9.99. The Bertz CT molecular complexity index is 518. The van der Waals surface area contributed by atoms with Gasteiger partial charge in [0.2, 0.25) is 0 Å². The van der Waals surface area contributed by atoms with Gasteiger partial charge in [-0.05, 0) is 38.4 Å². The van der Waals surface area contributed by atoms with Crippen LogP contribution in [0.3, 0.4) is 0 Å². The summed E-state index contributed by atoms with van der Waals surface area (Å²) in [5.41, 5.74) is 1.10. The molecule has 0 saturated carbocycles. The lowest BCUT2D eigenvalue weighted by Crippen LogP contribution is -2.55. The van der Waals surface area contributed by atoms with Crippen LogP contribution in [0.15, 0.2) is 12.1 Å². The number of hydrogen-bond donors (Lipinski definition) is 1. The Morgan fingerprint density at radius 1 is 1.30 bits per heavy atom. The van der Waals surface area contributed by atoms with Crippen LogP contribution in [0, 0.1) is 6.92 Å². The molecule has 2 saturated heterocycles. The summed E-state index contributed by atoms with van der Waals surface area (Å²) in [6, 6.07) is 3.93. The van der Waals surface area contributed by atoms with Crippen molar-refractivity contribution in [2.75, 3.05) is 31.1 Å². The molecule has 1 unspecified atom stereocenters. The molecule has 0 aromatic carbocycles. The summed E-state index contributed by atoms with van der Waals surface area (Å²) in [7, 11) is 0. The van der Waals surface area contributed by atoms with Crippen molar-refractivity contribution in [3.05, 3.63) is 23.4 Å². The molecule has 1 N–H and O–H groups in total. The Hall–Kier alpha value is -1.62. The third-order valence-corrected chi connectivity index (χ3v) is 4.35. The molecule has 2 fully saturated rings. The SMILES string of the molecule is Cc1cc(C(=O)O)cc(N2CCN3CCCCC3C2)n1. The molecule has 2 aliphatic heterocycles. The smallest absolute Gasteiger partial charge is 0.335 e. The number of anilines is 1. The van der Waals surface area contributed by atoms with E-state index in [2.05, 4.69) is 14.8 Å². The molecule has 20 heavy (non-hydrogen) atoms. The molecule has 3 heterocycles. The standard InChI is InChI=1S/C15H21N3O2/c1-11-8-12(15(19)20)9-14(16-11)18-7-6-17-5-3-2-4-13(17)10-18/h8-9,13H,2-7,10H2,1H3,(H,19,20). The van der Waals surface area contributed by atoms with Crippen molar-refractivity contribution in [2.45, 2.75) is 32.2 Å². The number of piperazine rings is 1. The highest BCUT2D eigenvalue weighted by molar-refractivity contribution is 5.88. The normalized spacial score (nSPS) is 23.4. The lowest BCUT2D eigenvalue weighted by Gasteiger charge is -2.44. The summed E-state index contributed by atoms with van der Waals surface area (Å²) in [6.45, 7) is 6.02. The zero-order chi connectivity index (χ0) is 14.1. The fourth-order valence-electron chi connectivity index (χ4n) is 3.30. The van der Waals surface area contributed by atoms with Crippen molar-refractivity contribution in [3.63, 3.8) is 0 Å². The molecule has 3 rings (SSSR count). The molecule has 108 valence electrons. The Morgan fingerprint density at radius 3 is 2.95 bits per heavy atom. The summed E-state index contributed by atoms with van der Waals surface area (Å²) in [6.07, 6.45) is 3.85. The Kier molecular flexibility index (Phi) is 3.61. The largest absolute Gasteiger partial charge is 0.478 e. The van der Waals surface area contributed by atoms with Crippen LogP contribution < -0.4 is 4.90 Å². The highest BCUT2D eigenvalue weighted by Gasteiger charge is 2.29. The van der Waals surface area contributed by atoms with Crippen LogP contribution in [0.2, 0.25) is 0 Å². The molecule has 0 bridgehead atoms. The van der Waals surface area contributed by atoms with E-state index >= 15 is 0 Å². The average molecular weight is 275 g/mol. The monoisotopic (exact) mass is 275 g/mol. The quantitative estimate of drug-likeness (QED) is 0.891. The number of carboxylic acid groups (broad SMARTS) is 1. The Morgan fingerprint density at radius 2 is 2.15 bits per heavy atom. The molecule has 1 aromatic heterocycles. The van der Waals surface area contributed by atoms with E-state index in [1.54, 1.807) is 12.1 Å². The highest BCUT2D eigenvalue weighted by atomic mass is 16.4. The maximum atomic E-state index is 11.2. The molecular formula is C15H21N3O2. The van der Waals surface area contributed by atoms with Crippen LogP contribution in [-0.4, -0.2) is 53.2 Å². The minimum atomic E-state index is -0.881. The second-order valence-corrected chi connectivity index (χ2v) is 5.79. The van der Waals surface area contributed by atoms with Gasteiger partial charge in [-0.2, -0.15) is 0 Å². The third-order valence-electron chi connectivity index (χ3n) is 4.35. The van der Waals surface area contributed by atoms with Gasteiger partial charge >= 0.3 is 5.97 Å². The van der Waals surface area contributed by atoms with Crippen molar-refractivity contribution in [1.29, 1.82) is 0 Å². The number of pyridine rings is 1. The number of aryl methyl sites for hydroxylation is 1. The number of hydrogen-bond acceptors (Lipinski definition) is 4. The number of aromatic carboxylic acids is 1. The lowest BCUT2D eigenvalue weighted by molar-refractivity contribution is 0.0696. The van der Waals surface area contributed by atoms with E-state index < -0.39 is 5.97 Å². The minimum Gasteiger partial charge on any atom is -0.478 e. The van der Waals surface area contributed by atoms with Crippen LogP contribution in [-0.2, 0) is 0 Å². The summed E-state index contributed by atoms with van der Waals surface area (Å²) < 4.78 is 0. The predicted octanol–water partition coefficient (Wildman–Crippen LogP) is 1.76. The van der Waals surface area contributed by atoms with Gasteiger partial charge in [0.1, 0.15) is 5.82 Å². The summed E-state index contributed by atoms with van der Waals surface area (Å²) >= 11 is 0. The van der Waals surface area contributed by atoms with Gasteiger partial charge in [-0.15, -0.1) is 0 Å². The number of rotatable bonds is 2. The number of aromatic nitrogens is 1. The summed E-state index contributed by atoms with van der Waals surface area (Å²) in [4.78, 5) is 20.5. The zero-order valence-corrected chi connectivity index (χ0v) is 11.9. The first-order chi connectivity index (χ1) is 9.63. The summed E-state index contributed by atoms with van der Waals surface area (Å²) in [5, 5.41) is 9.16. The molecule has 0 amide bonds. The van der Waals surface area contributed by atoms with Gasteiger partial charge in [0.25, 0.3) is 0 Å². The van der Waals surface area contributed by atoms with E-state index in [0.717, 1.165) is 31.1 Å². The van der Waals surface area contributed by atoms with Gasteiger partial charge in [0, 0.05) is 31.4 Å². The van der Waals surface area contributed by atoms with E-state index in [0.29, 0.717) is 11.6 Å². The maximum absolute atomic E-state index is 11.2. The van der Waals surface area contributed by atoms with Crippen LogP contribution >= 0.6 is 0 Å². The highest BCUT2D eigenvalue weighted by Crippen LogP contribution is 2.24. The third kappa shape index (κ3) is 2.63. The van der Waals surface area contributed by atoms with Crippen LogP contribution in [0.1, 0.15) is 35.3 Å². The molecule has 1 atom stereocenters. The molecule has 5 heteroatoms. The Balaban J connectivity index is 1.80. The summed E-state index contributed by atoms with van der Waals surface area (Å²) in [5.74, 6) is -0.0688. The molecule has 0 aliphatic carbocycles. The van der Waals surface area contributed by atoms with Crippen molar-refractivity contribution in [1.82, 2.24) is 9.88 Å². The maximum Gasteiger partial charge on any atom is 0.335 e. The molecule has 5 nitrogen and oxygen atoms in total. The minimum absolute atomic E-state index is 0.332. The van der Waals surface area contributed by atoms with Crippen molar-refractivity contribution >= 4 is 11.8 Å². The van der Waals surface area contributed by atoms with Gasteiger partial charge in [0.15, 0.2) is 0 Å². The first-order valence-electron chi connectivity index (χ1n) is 7.34. The molecular weight excluding hydrogens is 254 g/mol. The van der Waals surface area contributed by atoms with Crippen LogP contribution in [0.4, 0.5) is 5.82 Å².